The number of unbranched alkanes of at least 4 members (excludes halogenated alkanes) is 4. The van der Waals surface area contributed by atoms with E-state index in [4.69, 9.17) is 37.9 Å². The summed E-state index contributed by atoms with van der Waals surface area (Å²) in [5.74, 6) is -0.592. The molecule has 0 bridgehead atoms. The molecule has 1 aromatic carbocycles. The van der Waals surface area contributed by atoms with E-state index in [0.29, 0.717) is 12.3 Å². The highest BCUT2D eigenvalue weighted by Crippen LogP contribution is 2.48. The molecule has 2 amide bonds. The molecule has 27 heteroatoms. The molecule has 1 aliphatic carbocycles. The highest BCUT2D eigenvalue weighted by molar-refractivity contribution is 5.78. The van der Waals surface area contributed by atoms with Crippen molar-refractivity contribution in [1.29, 1.82) is 0 Å². The zero-order valence-electron chi connectivity index (χ0n) is 54.5. The van der Waals surface area contributed by atoms with Crippen LogP contribution in [0.4, 0.5) is 0 Å². The minimum absolute atomic E-state index is 0. The third-order valence-corrected chi connectivity index (χ3v) is 19.3. The van der Waals surface area contributed by atoms with Crippen LogP contribution in [0.25, 0.3) is 0 Å². The van der Waals surface area contributed by atoms with Crippen molar-refractivity contribution in [3.05, 3.63) is 35.9 Å². The summed E-state index contributed by atoms with van der Waals surface area (Å²) in [6, 6.07) is 8.10. The van der Waals surface area contributed by atoms with E-state index in [0.717, 1.165) is 95.5 Å². The molecule has 0 aromatic heterocycles. The van der Waals surface area contributed by atoms with Crippen molar-refractivity contribution in [3.8, 4) is 0 Å². The quantitative estimate of drug-likeness (QED) is 0.0426. The lowest BCUT2D eigenvalue weighted by atomic mass is 9.62. The number of hydrogen-bond acceptors (Lipinski definition) is 25. The van der Waals surface area contributed by atoms with Crippen LogP contribution in [0.3, 0.4) is 0 Å². The average Bonchev–Trinajstić information content (AvgIpc) is 0.953. The lowest BCUT2D eigenvalue weighted by Crippen LogP contribution is -2.60. The second kappa shape index (κ2) is 41.6. The summed E-state index contributed by atoms with van der Waals surface area (Å²) in [5.41, 5.74) is 0.467. The van der Waals surface area contributed by atoms with Crippen molar-refractivity contribution in [2.45, 2.75) is 298 Å². The minimum Gasteiger partial charge on any atom is -0.394 e. The Morgan fingerprint density at radius 1 is 0.462 bits per heavy atom. The molecule has 4 heterocycles. The highest BCUT2D eigenvalue weighted by Gasteiger charge is 2.49. The fraction of sp³-hybridized carbons (Fsp3) is 0.879. The van der Waals surface area contributed by atoms with Gasteiger partial charge < -0.3 is 125 Å². The molecule has 21 atom stereocenters. The number of benzene rings is 1. The van der Waals surface area contributed by atoms with E-state index in [9.17, 15) is 86.2 Å². The molecule has 93 heavy (non-hydrogen) atoms. The topological polar surface area (TPSA) is 435 Å². The van der Waals surface area contributed by atoms with Crippen LogP contribution in [0.15, 0.2) is 30.3 Å². The molecule has 0 spiro atoms. The van der Waals surface area contributed by atoms with Gasteiger partial charge >= 0.3 is 0 Å². The first kappa shape index (κ1) is 82.7. The van der Waals surface area contributed by atoms with Gasteiger partial charge in [-0.3, -0.25) is 9.59 Å². The van der Waals surface area contributed by atoms with Gasteiger partial charge in [0.05, 0.1) is 77.1 Å². The maximum Gasteiger partial charge on any atom is 0.221 e. The number of amides is 2. The average molecular weight is 1340 g/mol. The first-order valence-corrected chi connectivity index (χ1v) is 33.7. The van der Waals surface area contributed by atoms with Crippen molar-refractivity contribution in [3.63, 3.8) is 0 Å². The summed E-state index contributed by atoms with van der Waals surface area (Å²) in [6.45, 7) is 6.72. The van der Waals surface area contributed by atoms with E-state index >= 15 is 0 Å². The lowest BCUT2D eigenvalue weighted by molar-refractivity contribution is -0.309. The summed E-state index contributed by atoms with van der Waals surface area (Å²) in [6.07, 6.45) is -9.62. The fourth-order valence-electron chi connectivity index (χ4n) is 13.5. The number of carbonyl (C=O) groups is 2. The van der Waals surface area contributed by atoms with Crippen LogP contribution < -0.4 is 10.6 Å². The number of rotatable bonds is 36. The van der Waals surface area contributed by atoms with E-state index in [1.807, 2.05) is 30.3 Å². The number of carbonyl (C=O) groups excluding carboxylic acids is 2. The summed E-state index contributed by atoms with van der Waals surface area (Å²) in [5, 5.41) is 158. The number of hydrogen-bond donors (Lipinski definition) is 17. The monoisotopic (exact) mass is 1340 g/mol. The van der Waals surface area contributed by atoms with Crippen LogP contribution in [0.2, 0.25) is 0 Å². The van der Waals surface area contributed by atoms with Crippen LogP contribution >= 0.6 is 0 Å². The van der Waals surface area contributed by atoms with E-state index in [2.05, 4.69) is 38.3 Å². The number of nitrogens with one attached hydrogen (secondary N) is 2. The summed E-state index contributed by atoms with van der Waals surface area (Å²) < 4.78 is 45.2. The molecule has 4 saturated heterocycles. The van der Waals surface area contributed by atoms with Gasteiger partial charge in [0, 0.05) is 24.2 Å². The molecule has 4 aliphatic heterocycles. The largest absolute Gasteiger partial charge is 0.394 e. The number of aliphatic hydroxyl groups is 15. The van der Waals surface area contributed by atoms with Gasteiger partial charge in [-0.15, -0.1) is 0 Å². The van der Waals surface area contributed by atoms with Gasteiger partial charge in [0.15, 0.2) is 25.2 Å². The van der Waals surface area contributed by atoms with Crippen molar-refractivity contribution in [1.82, 2.24) is 10.6 Å². The predicted octanol–water partition coefficient (Wildman–Crippen LogP) is 0.165. The molecule has 6 rings (SSSR count). The van der Waals surface area contributed by atoms with Crippen molar-refractivity contribution >= 4 is 11.8 Å². The highest BCUT2D eigenvalue weighted by atomic mass is 16.7. The molecule has 5 fully saturated rings. The van der Waals surface area contributed by atoms with Gasteiger partial charge in [0.2, 0.25) is 11.8 Å². The third kappa shape index (κ3) is 23.2. The molecule has 0 radical (unpaired) electrons. The molecule has 17 N–H and O–H groups in total. The molecule has 542 valence electrons. The Hall–Kier alpha value is -2.76. The van der Waals surface area contributed by atoms with E-state index < -0.39 is 160 Å². The van der Waals surface area contributed by atoms with Crippen LogP contribution in [0, 0.1) is 17.3 Å². The summed E-state index contributed by atoms with van der Waals surface area (Å²) in [7, 11) is 0. The maximum atomic E-state index is 13.9. The number of aliphatic hydroxyl groups excluding tert-OH is 15. The maximum absolute atomic E-state index is 13.9. The van der Waals surface area contributed by atoms with Gasteiger partial charge in [-0.1, -0.05) is 143 Å². The van der Waals surface area contributed by atoms with Crippen LogP contribution in [-0.2, 0) is 52.9 Å². The first-order chi connectivity index (χ1) is 44.0. The number of ether oxygens (including phenoxy) is 8. The molecule has 1 saturated carbocycles. The van der Waals surface area contributed by atoms with Crippen LogP contribution in [-0.4, -0.2) is 270 Å². The second-order valence-corrected chi connectivity index (χ2v) is 26.1. The lowest BCUT2D eigenvalue weighted by Gasteiger charge is -2.44. The molecule has 1 aromatic rings. The summed E-state index contributed by atoms with van der Waals surface area (Å²) >= 11 is 0. The molecular weight excluding hydrogens is 1220 g/mol. The van der Waals surface area contributed by atoms with E-state index in [-0.39, 0.29) is 64.1 Å². The Bertz CT molecular complexity index is 2090. The Morgan fingerprint density at radius 2 is 0.796 bits per heavy atom. The third-order valence-electron chi connectivity index (χ3n) is 19.3. The zero-order chi connectivity index (χ0) is 67.7. The fourth-order valence-corrected chi connectivity index (χ4v) is 13.5. The molecule has 27 nitrogen and oxygen atoms in total. The van der Waals surface area contributed by atoms with Crippen LogP contribution in [0.5, 0.6) is 0 Å². The molecule has 5 aliphatic rings. The second-order valence-electron chi connectivity index (χ2n) is 26.1. The standard InChI is InChI=1S/C33H61NO12.C32H53NO13.CH4/c1-4-6-13-33(14-7-5-2,21-11-9-8-10-12-21)15-25(37)34-22(18-43-31-29(41)26(38)20(3)23(16-35)45-31)19-44-32-30(42)28(40)27(39)24(17-36)46-32;1-3-5-12-32(13-6-4-2,19-10-8-7-9-11-19)14-23(36)33-20(17-43-30-28(41)26(39)24(37)21(15-34)45-30)18-44-31-29(42)27(40)25(38)22(16-35)46-31;/h20-24,26-32,35-36,38-42H,4-19H2,1-3H3,(H,34,37);7-11,20-22,24-31,34-35,37-42H,3-6,12-18H2,1-2H3,(H,33,36);1H4/t20-,22?,23?,24?,26?,27-,28?,29+,30+,31-,32-;20?,21?,22?,24-,25-,26?,27?,28+,29+,30-,31-;/m00./s1. The smallest absolute Gasteiger partial charge is 0.221 e. The van der Waals surface area contributed by atoms with Gasteiger partial charge in [0.25, 0.3) is 0 Å². The SMILES string of the molecule is C.CCCCC(CCCC)(CC(=O)NC(CO[C@H]1OC(CO)[C@H](C)C(O)[C@H]1O)CO[C@H]1OC(CO)[C@H](O)C(O)[C@H]1O)C1CCCCC1.CCCCC(CCCC)(CC(=O)NC(CO[C@H]1OC(CO)[C@H](O)C(O)[C@H]1O)CO[C@H]1OC(CO)[C@H](O)C(O)[C@H]1O)c1ccccc1. The first-order valence-electron chi connectivity index (χ1n) is 33.7. The predicted molar refractivity (Wildman–Crippen MR) is 337 cm³/mol. The zero-order valence-corrected chi connectivity index (χ0v) is 54.5. The van der Waals surface area contributed by atoms with Gasteiger partial charge in [-0.2, -0.15) is 0 Å². The Kier molecular flexibility index (Phi) is 37.0. The Labute approximate surface area is 549 Å². The van der Waals surface area contributed by atoms with Gasteiger partial charge in [0.1, 0.15) is 79.4 Å². The molecular formula is C66H118N2O25. The normalized spacial score (nSPS) is 33.5. The van der Waals surface area contributed by atoms with Crippen molar-refractivity contribution < 1.29 is 124 Å². The van der Waals surface area contributed by atoms with E-state index in [1.54, 1.807) is 6.92 Å². The van der Waals surface area contributed by atoms with Crippen LogP contribution in [0.1, 0.15) is 170 Å². The molecule has 9 unspecified atom stereocenters. The van der Waals surface area contributed by atoms with Crippen molar-refractivity contribution in [2.24, 2.45) is 17.3 Å². The summed E-state index contributed by atoms with van der Waals surface area (Å²) in [4.78, 5) is 27.7. The van der Waals surface area contributed by atoms with Crippen molar-refractivity contribution in [2.75, 3.05) is 52.9 Å². The van der Waals surface area contributed by atoms with Gasteiger partial charge in [-0.05, 0) is 55.4 Å². The van der Waals surface area contributed by atoms with Gasteiger partial charge in [-0.25, -0.2) is 0 Å². The van der Waals surface area contributed by atoms with E-state index in [1.165, 1.54) is 19.3 Å². The Balaban J connectivity index is 0.000000392. The Morgan fingerprint density at radius 3 is 1.15 bits per heavy atom. The minimum atomic E-state index is -1.67.